The van der Waals surface area contributed by atoms with Crippen molar-refractivity contribution >= 4 is 16.9 Å². The van der Waals surface area contributed by atoms with Crippen LogP contribution in [0.2, 0.25) is 0 Å². The largest absolute Gasteiger partial charge is 0.497 e. The number of methoxy groups -OCH3 is 1. The van der Waals surface area contributed by atoms with Crippen molar-refractivity contribution in [2.75, 3.05) is 33.3 Å². The van der Waals surface area contributed by atoms with E-state index in [0.717, 1.165) is 43.7 Å². The summed E-state index contributed by atoms with van der Waals surface area (Å²) in [6, 6.07) is 15.8. The third-order valence-electron chi connectivity index (χ3n) is 6.06. The van der Waals surface area contributed by atoms with Crippen LogP contribution in [0.1, 0.15) is 23.1 Å². The molecule has 31 heavy (non-hydrogen) atoms. The molecule has 6 nitrogen and oxygen atoms in total. The number of nitrogens with zero attached hydrogens (tertiary/aromatic N) is 2. The van der Waals surface area contributed by atoms with Gasteiger partial charge in [-0.25, -0.2) is 4.79 Å². The van der Waals surface area contributed by atoms with Crippen LogP contribution < -0.4 is 10.4 Å². The first-order valence-electron chi connectivity index (χ1n) is 10.7. The predicted molar refractivity (Wildman–Crippen MR) is 120 cm³/mol. The summed E-state index contributed by atoms with van der Waals surface area (Å²) in [7, 11) is 1.58. The highest BCUT2D eigenvalue weighted by molar-refractivity contribution is 5.82. The Labute approximate surface area is 182 Å². The van der Waals surface area contributed by atoms with Crippen LogP contribution in [0.3, 0.4) is 0 Å². The molecule has 0 atom stereocenters. The number of aryl methyl sites for hydroxylation is 1. The lowest BCUT2D eigenvalue weighted by atomic mass is 10.0. The highest BCUT2D eigenvalue weighted by atomic mass is 16.5. The molecule has 0 N–H and O–H groups in total. The molecule has 1 saturated heterocycles. The molecule has 0 aliphatic carbocycles. The zero-order valence-electron chi connectivity index (χ0n) is 18.1. The predicted octanol–water partition coefficient (Wildman–Crippen LogP) is 3.39. The van der Waals surface area contributed by atoms with Crippen molar-refractivity contribution in [3.63, 3.8) is 0 Å². The van der Waals surface area contributed by atoms with E-state index in [9.17, 15) is 9.59 Å². The molecule has 1 fully saturated rings. The molecule has 1 amide bonds. The fourth-order valence-corrected chi connectivity index (χ4v) is 4.18. The summed E-state index contributed by atoms with van der Waals surface area (Å²) in [4.78, 5) is 29.6. The van der Waals surface area contributed by atoms with Gasteiger partial charge >= 0.3 is 5.63 Å². The SMILES string of the molecule is COc1ccc2c(C)c(CCC(=O)N3CCN(Cc4ccccc4)CC3)c(=O)oc2c1. The third kappa shape index (κ3) is 4.80. The molecule has 1 aliphatic heterocycles. The van der Waals surface area contributed by atoms with E-state index >= 15 is 0 Å². The third-order valence-corrected chi connectivity index (χ3v) is 6.06. The molecule has 0 saturated carbocycles. The Morgan fingerprint density at radius 3 is 2.52 bits per heavy atom. The van der Waals surface area contributed by atoms with Gasteiger partial charge in [-0.3, -0.25) is 9.69 Å². The molecular weight excluding hydrogens is 392 g/mol. The number of amides is 1. The van der Waals surface area contributed by atoms with Gasteiger partial charge < -0.3 is 14.1 Å². The van der Waals surface area contributed by atoms with Crippen molar-refractivity contribution in [1.82, 2.24) is 9.80 Å². The van der Waals surface area contributed by atoms with E-state index in [1.165, 1.54) is 5.56 Å². The highest BCUT2D eigenvalue weighted by Crippen LogP contribution is 2.24. The maximum absolute atomic E-state index is 12.8. The minimum absolute atomic E-state index is 0.0907. The molecule has 6 heteroatoms. The number of piperazine rings is 1. The van der Waals surface area contributed by atoms with Crippen molar-refractivity contribution in [3.8, 4) is 5.75 Å². The molecule has 1 aromatic heterocycles. The number of rotatable bonds is 6. The van der Waals surface area contributed by atoms with Crippen molar-refractivity contribution in [3.05, 3.63) is 75.6 Å². The summed E-state index contributed by atoms with van der Waals surface area (Å²) in [6.07, 6.45) is 0.700. The monoisotopic (exact) mass is 420 g/mol. The summed E-state index contributed by atoms with van der Waals surface area (Å²) in [5, 5.41) is 0.873. The number of carbonyl (C=O) groups excluding carboxylic acids is 1. The van der Waals surface area contributed by atoms with Gasteiger partial charge in [0.2, 0.25) is 5.91 Å². The van der Waals surface area contributed by atoms with Gasteiger partial charge in [0.1, 0.15) is 11.3 Å². The summed E-state index contributed by atoms with van der Waals surface area (Å²) < 4.78 is 10.7. The second-order valence-electron chi connectivity index (χ2n) is 8.00. The van der Waals surface area contributed by atoms with Crippen LogP contribution in [0, 0.1) is 6.92 Å². The Morgan fingerprint density at radius 1 is 1.06 bits per heavy atom. The van der Waals surface area contributed by atoms with Gasteiger partial charge in [-0.2, -0.15) is 0 Å². The number of hydrogen-bond acceptors (Lipinski definition) is 5. The first-order valence-corrected chi connectivity index (χ1v) is 10.7. The van der Waals surface area contributed by atoms with Gasteiger partial charge in [0.15, 0.2) is 0 Å². The lowest BCUT2D eigenvalue weighted by Gasteiger charge is -2.34. The first-order chi connectivity index (χ1) is 15.0. The summed E-state index contributed by atoms with van der Waals surface area (Å²) in [6.45, 7) is 5.98. The molecule has 0 bridgehead atoms. The first kappa shape index (κ1) is 21.1. The lowest BCUT2D eigenvalue weighted by molar-refractivity contribution is -0.133. The van der Waals surface area contributed by atoms with Crippen molar-refractivity contribution in [2.45, 2.75) is 26.3 Å². The minimum atomic E-state index is -0.376. The van der Waals surface area contributed by atoms with Crippen LogP contribution in [0.15, 0.2) is 57.7 Å². The molecule has 2 heterocycles. The van der Waals surface area contributed by atoms with Gasteiger partial charge in [-0.05, 0) is 36.6 Å². The Hall–Kier alpha value is -3.12. The van der Waals surface area contributed by atoms with Crippen LogP contribution in [0.4, 0.5) is 0 Å². The van der Waals surface area contributed by atoms with Gasteiger partial charge in [0, 0.05) is 56.2 Å². The molecule has 4 rings (SSSR count). The Morgan fingerprint density at radius 2 is 1.81 bits per heavy atom. The van der Waals surface area contributed by atoms with Crippen LogP contribution in [-0.4, -0.2) is 49.0 Å². The molecule has 3 aromatic rings. The molecular formula is C25H28N2O4. The van der Waals surface area contributed by atoms with Gasteiger partial charge in [0.25, 0.3) is 0 Å². The average Bonchev–Trinajstić information content (AvgIpc) is 2.79. The van der Waals surface area contributed by atoms with E-state index in [1.54, 1.807) is 13.2 Å². The standard InChI is InChI=1S/C25H28N2O4/c1-18-21-9-8-20(30-2)16-23(21)31-25(29)22(18)10-11-24(28)27-14-12-26(13-15-27)17-19-6-4-3-5-7-19/h3-9,16H,10-15,17H2,1-2H3. The van der Waals surface area contributed by atoms with Gasteiger partial charge in [0.05, 0.1) is 7.11 Å². The lowest BCUT2D eigenvalue weighted by Crippen LogP contribution is -2.48. The summed E-state index contributed by atoms with van der Waals surface area (Å²) in [5.41, 5.74) is 2.87. The maximum Gasteiger partial charge on any atom is 0.339 e. The fourth-order valence-electron chi connectivity index (χ4n) is 4.18. The van der Waals surface area contributed by atoms with Crippen LogP contribution in [0.5, 0.6) is 5.75 Å². The van der Waals surface area contributed by atoms with E-state index in [1.807, 2.05) is 30.0 Å². The van der Waals surface area contributed by atoms with Crippen molar-refractivity contribution < 1.29 is 13.9 Å². The normalized spacial score (nSPS) is 14.7. The number of ether oxygens (including phenoxy) is 1. The van der Waals surface area contributed by atoms with Gasteiger partial charge in [-0.1, -0.05) is 30.3 Å². The van der Waals surface area contributed by atoms with Crippen molar-refractivity contribution in [1.29, 1.82) is 0 Å². The molecule has 0 radical (unpaired) electrons. The van der Waals surface area contributed by atoms with Gasteiger partial charge in [-0.15, -0.1) is 0 Å². The molecule has 0 spiro atoms. The smallest absolute Gasteiger partial charge is 0.339 e. The summed E-state index contributed by atoms with van der Waals surface area (Å²) >= 11 is 0. The molecule has 2 aromatic carbocycles. The van der Waals surface area contributed by atoms with E-state index in [2.05, 4.69) is 29.2 Å². The van der Waals surface area contributed by atoms with Crippen LogP contribution in [0.25, 0.3) is 11.0 Å². The Balaban J connectivity index is 1.36. The fraction of sp³-hybridized carbons (Fsp3) is 0.360. The number of benzene rings is 2. The second kappa shape index (κ2) is 9.35. The highest BCUT2D eigenvalue weighted by Gasteiger charge is 2.22. The van der Waals surface area contributed by atoms with Crippen LogP contribution >= 0.6 is 0 Å². The molecule has 0 unspecified atom stereocenters. The van der Waals surface area contributed by atoms with Crippen LogP contribution in [-0.2, 0) is 17.8 Å². The minimum Gasteiger partial charge on any atom is -0.497 e. The Bertz CT molecular complexity index is 1120. The number of hydrogen-bond donors (Lipinski definition) is 0. The second-order valence-corrected chi connectivity index (χ2v) is 8.00. The quantitative estimate of drug-likeness (QED) is 0.572. The Kier molecular flexibility index (Phi) is 6.37. The van der Waals surface area contributed by atoms with E-state index < -0.39 is 0 Å². The zero-order chi connectivity index (χ0) is 21.8. The van der Waals surface area contributed by atoms with E-state index in [4.69, 9.17) is 9.15 Å². The average molecular weight is 421 g/mol. The maximum atomic E-state index is 12.8. The molecule has 1 aliphatic rings. The number of carbonyl (C=O) groups is 1. The number of fused-ring (bicyclic) bond motifs is 1. The summed E-state index contributed by atoms with van der Waals surface area (Å²) in [5.74, 6) is 0.734. The van der Waals surface area contributed by atoms with E-state index in [-0.39, 0.29) is 11.5 Å². The topological polar surface area (TPSA) is 63.0 Å². The molecule has 162 valence electrons. The zero-order valence-corrected chi connectivity index (χ0v) is 18.1. The van der Waals surface area contributed by atoms with Crippen molar-refractivity contribution in [2.24, 2.45) is 0 Å². The van der Waals surface area contributed by atoms with E-state index in [0.29, 0.717) is 29.7 Å².